The number of hydrogen-bond acceptors (Lipinski definition) is 7. The molecular formula is C24H16N6O2S. The fourth-order valence-electron chi connectivity index (χ4n) is 4.37. The molecule has 0 bridgehead atoms. The lowest BCUT2D eigenvalue weighted by atomic mass is 9.88. The van der Waals surface area contributed by atoms with Crippen molar-refractivity contribution in [2.45, 2.75) is 12.8 Å². The minimum atomic E-state index is -0.284. The first-order chi connectivity index (χ1) is 16.3. The van der Waals surface area contributed by atoms with E-state index in [4.69, 9.17) is 19.2 Å². The van der Waals surface area contributed by atoms with Crippen LogP contribution in [0.25, 0.3) is 22.0 Å². The molecule has 9 heteroatoms. The summed E-state index contributed by atoms with van der Waals surface area (Å²) in [6.07, 6.45) is 3.31. The molecule has 1 aliphatic heterocycles. The molecule has 0 unspecified atom stereocenters. The predicted octanol–water partition coefficient (Wildman–Crippen LogP) is 5.23. The van der Waals surface area contributed by atoms with Gasteiger partial charge in [-0.05, 0) is 42.6 Å². The molecule has 0 saturated carbocycles. The van der Waals surface area contributed by atoms with Crippen molar-refractivity contribution < 1.29 is 9.15 Å². The summed E-state index contributed by atoms with van der Waals surface area (Å²) in [4.78, 5) is 10.5. The van der Waals surface area contributed by atoms with Crippen LogP contribution in [0.1, 0.15) is 28.5 Å². The van der Waals surface area contributed by atoms with Crippen LogP contribution in [0.3, 0.4) is 0 Å². The average Bonchev–Trinajstić information content (AvgIpc) is 3.65. The first-order valence-electron chi connectivity index (χ1n) is 10.4. The van der Waals surface area contributed by atoms with Gasteiger partial charge in [-0.1, -0.05) is 24.3 Å². The summed E-state index contributed by atoms with van der Waals surface area (Å²) in [5.41, 5.74) is 4.18. The van der Waals surface area contributed by atoms with Crippen LogP contribution in [0.5, 0.6) is 11.8 Å². The third-order valence-corrected chi connectivity index (χ3v) is 6.66. The molecule has 6 heterocycles. The van der Waals surface area contributed by atoms with E-state index in [-0.39, 0.29) is 5.92 Å². The summed E-state index contributed by atoms with van der Waals surface area (Å²) in [7, 11) is 0. The number of ether oxygens (including phenoxy) is 1. The number of hydrogen-bond donors (Lipinski definition) is 0. The Bertz CT molecular complexity index is 1600. The van der Waals surface area contributed by atoms with Crippen molar-refractivity contribution in [3.8, 4) is 28.1 Å². The second-order valence-corrected chi connectivity index (χ2v) is 8.69. The SMILES string of the molecule is Cc1nn(-c2ccccc2)c2c1[C@H](c1ccco1)c1c(ncn3nc(-c4cccs4)nc13)O2. The number of thiophene rings is 1. The molecule has 8 nitrogen and oxygen atoms in total. The Balaban J connectivity index is 1.50. The lowest BCUT2D eigenvalue weighted by Crippen LogP contribution is -2.15. The first kappa shape index (κ1) is 18.3. The number of benzene rings is 1. The molecule has 0 saturated heterocycles. The fraction of sp³-hybridized carbons (Fsp3) is 0.0833. The zero-order valence-electron chi connectivity index (χ0n) is 17.4. The molecule has 1 aliphatic rings. The van der Waals surface area contributed by atoms with E-state index in [1.165, 1.54) is 0 Å². The van der Waals surface area contributed by atoms with E-state index in [1.54, 1.807) is 28.4 Å². The standard InChI is InChI=1S/C24H16N6O2S/c1-14-18-19(16-9-5-11-31-16)20-22-26-21(17-10-6-12-33-17)28-29(22)13-25-23(20)32-24(18)30(27-14)15-7-3-2-4-8-15/h2-13,19H,1H3/t19-/m0/s1. The highest BCUT2D eigenvalue weighted by molar-refractivity contribution is 7.13. The van der Waals surface area contributed by atoms with Gasteiger partial charge in [0.25, 0.3) is 0 Å². The summed E-state index contributed by atoms with van der Waals surface area (Å²) in [5, 5.41) is 11.5. The Morgan fingerprint density at radius 3 is 2.67 bits per heavy atom. The first-order valence-corrected chi connectivity index (χ1v) is 11.3. The molecule has 7 rings (SSSR count). The lowest BCUT2D eigenvalue weighted by molar-refractivity contribution is 0.392. The van der Waals surface area contributed by atoms with Crippen LogP contribution in [0.15, 0.2) is 77.0 Å². The van der Waals surface area contributed by atoms with E-state index < -0.39 is 0 Å². The quantitative estimate of drug-likeness (QED) is 0.365. The maximum atomic E-state index is 6.39. The van der Waals surface area contributed by atoms with Gasteiger partial charge >= 0.3 is 0 Å². The van der Waals surface area contributed by atoms with E-state index in [9.17, 15) is 0 Å². The van der Waals surface area contributed by atoms with Gasteiger partial charge in [0.15, 0.2) is 11.5 Å². The minimum absolute atomic E-state index is 0.284. The van der Waals surface area contributed by atoms with Gasteiger partial charge in [-0.2, -0.15) is 5.10 Å². The van der Waals surface area contributed by atoms with Gasteiger partial charge in [0.2, 0.25) is 11.8 Å². The number of fused-ring (bicyclic) bond motifs is 4. The van der Waals surface area contributed by atoms with Gasteiger partial charge in [-0.3, -0.25) is 0 Å². The fourth-order valence-corrected chi connectivity index (χ4v) is 5.03. The van der Waals surface area contributed by atoms with Crippen molar-refractivity contribution in [2.24, 2.45) is 0 Å². The molecule has 1 aromatic carbocycles. The summed E-state index contributed by atoms with van der Waals surface area (Å²) in [6, 6.07) is 17.8. The van der Waals surface area contributed by atoms with Crippen molar-refractivity contribution in [1.29, 1.82) is 0 Å². The molecule has 0 radical (unpaired) electrons. The molecule has 6 aromatic rings. The molecule has 0 amide bonds. The summed E-state index contributed by atoms with van der Waals surface area (Å²) in [6.45, 7) is 1.98. The van der Waals surface area contributed by atoms with Gasteiger partial charge in [0, 0.05) is 0 Å². The number of furan rings is 1. The third kappa shape index (κ3) is 2.69. The number of aryl methyl sites for hydroxylation is 1. The van der Waals surface area contributed by atoms with E-state index in [2.05, 4.69) is 10.1 Å². The zero-order valence-corrected chi connectivity index (χ0v) is 18.2. The van der Waals surface area contributed by atoms with Crippen LogP contribution >= 0.6 is 11.3 Å². The van der Waals surface area contributed by atoms with E-state index in [0.717, 1.165) is 33.1 Å². The summed E-state index contributed by atoms with van der Waals surface area (Å²) >= 11 is 1.60. The second-order valence-electron chi connectivity index (χ2n) is 7.75. The summed E-state index contributed by atoms with van der Waals surface area (Å²) in [5.74, 6) is 2.24. The number of rotatable bonds is 3. The average molecular weight is 452 g/mol. The van der Waals surface area contributed by atoms with Gasteiger partial charge in [0.1, 0.15) is 12.1 Å². The normalized spacial score (nSPS) is 14.8. The van der Waals surface area contributed by atoms with Crippen molar-refractivity contribution in [3.63, 3.8) is 0 Å². The second kappa shape index (κ2) is 6.88. The van der Waals surface area contributed by atoms with Gasteiger partial charge < -0.3 is 9.15 Å². The van der Waals surface area contributed by atoms with E-state index >= 15 is 0 Å². The molecule has 0 spiro atoms. The van der Waals surface area contributed by atoms with Crippen molar-refractivity contribution in [1.82, 2.24) is 29.4 Å². The van der Waals surface area contributed by atoms with E-state index in [1.807, 2.05) is 71.6 Å². The Kier molecular flexibility index (Phi) is 3.82. The van der Waals surface area contributed by atoms with Crippen molar-refractivity contribution in [2.75, 3.05) is 0 Å². The summed E-state index contributed by atoms with van der Waals surface area (Å²) < 4.78 is 15.8. The Morgan fingerprint density at radius 1 is 0.970 bits per heavy atom. The maximum Gasteiger partial charge on any atom is 0.230 e. The molecule has 0 N–H and O–H groups in total. The van der Waals surface area contributed by atoms with Crippen LogP contribution in [0.2, 0.25) is 0 Å². The molecule has 0 fully saturated rings. The van der Waals surface area contributed by atoms with Crippen molar-refractivity contribution in [3.05, 3.63) is 95.1 Å². The van der Waals surface area contributed by atoms with Crippen LogP contribution in [0.4, 0.5) is 0 Å². The highest BCUT2D eigenvalue weighted by Gasteiger charge is 2.39. The smallest absolute Gasteiger partial charge is 0.230 e. The molecule has 5 aromatic heterocycles. The van der Waals surface area contributed by atoms with Gasteiger partial charge in [0.05, 0.1) is 39.6 Å². The van der Waals surface area contributed by atoms with Crippen LogP contribution < -0.4 is 4.74 Å². The maximum absolute atomic E-state index is 6.39. The van der Waals surface area contributed by atoms with Crippen LogP contribution in [-0.4, -0.2) is 29.4 Å². The molecule has 0 aliphatic carbocycles. The largest absolute Gasteiger partial charge is 0.468 e. The molecular weight excluding hydrogens is 436 g/mol. The monoisotopic (exact) mass is 452 g/mol. The number of aromatic nitrogens is 6. The molecule has 33 heavy (non-hydrogen) atoms. The van der Waals surface area contributed by atoms with Crippen LogP contribution in [-0.2, 0) is 0 Å². The zero-order chi connectivity index (χ0) is 21.9. The molecule has 160 valence electrons. The van der Waals surface area contributed by atoms with Gasteiger partial charge in [-0.15, -0.1) is 16.4 Å². The van der Waals surface area contributed by atoms with Crippen molar-refractivity contribution >= 4 is 17.0 Å². The van der Waals surface area contributed by atoms with Crippen LogP contribution in [0, 0.1) is 6.92 Å². The Labute approximate surface area is 191 Å². The van der Waals surface area contributed by atoms with Gasteiger partial charge in [-0.25, -0.2) is 19.2 Å². The predicted molar refractivity (Wildman–Crippen MR) is 122 cm³/mol. The minimum Gasteiger partial charge on any atom is -0.468 e. The number of para-hydroxylation sites is 1. The molecule has 1 atom stereocenters. The highest BCUT2D eigenvalue weighted by Crippen LogP contribution is 2.49. The lowest BCUT2D eigenvalue weighted by Gasteiger charge is -2.24. The van der Waals surface area contributed by atoms with E-state index in [0.29, 0.717) is 23.2 Å². The topological polar surface area (TPSA) is 83.3 Å². The Hall–Kier alpha value is -4.24. The highest BCUT2D eigenvalue weighted by atomic mass is 32.1. The number of nitrogens with zero attached hydrogens (tertiary/aromatic N) is 6. The Morgan fingerprint density at radius 2 is 1.88 bits per heavy atom. The third-order valence-electron chi connectivity index (χ3n) is 5.79.